The Balaban J connectivity index is 2.32. The predicted molar refractivity (Wildman–Crippen MR) is 82.2 cm³/mol. The first kappa shape index (κ1) is 14.0. The topological polar surface area (TPSA) is 60.7 Å². The molecule has 0 aromatic heterocycles. The first-order chi connectivity index (χ1) is 8.95. The van der Waals surface area contributed by atoms with Crippen molar-refractivity contribution >= 4 is 44.0 Å². The average molecular weight is 386 g/mol. The molecule has 2 rings (SSSR count). The number of phenols is 3. The normalized spacial score (nSPS) is 11.1. The Labute approximate surface area is 127 Å². The molecule has 3 N–H and O–H groups in total. The maximum Gasteiger partial charge on any atom is 0.143 e. The summed E-state index contributed by atoms with van der Waals surface area (Å²) in [4.78, 5) is 0. The van der Waals surface area contributed by atoms with Crippen LogP contribution in [0.25, 0.3) is 12.2 Å². The molecule has 5 heteroatoms. The number of rotatable bonds is 2. The van der Waals surface area contributed by atoms with Crippen LogP contribution in [0.1, 0.15) is 11.1 Å². The van der Waals surface area contributed by atoms with Crippen LogP contribution in [0.3, 0.4) is 0 Å². The lowest BCUT2D eigenvalue weighted by molar-refractivity contribution is 0.450. The molecule has 98 valence electrons. The van der Waals surface area contributed by atoms with Crippen molar-refractivity contribution in [3.63, 3.8) is 0 Å². The molecule has 2 aromatic rings. The van der Waals surface area contributed by atoms with Crippen LogP contribution >= 0.6 is 31.9 Å². The number of hydrogen-bond donors (Lipinski definition) is 3. The molecule has 3 nitrogen and oxygen atoms in total. The van der Waals surface area contributed by atoms with Gasteiger partial charge in [-0.3, -0.25) is 0 Å². The van der Waals surface area contributed by atoms with Crippen LogP contribution in [0.2, 0.25) is 0 Å². The lowest BCUT2D eigenvalue weighted by Crippen LogP contribution is -1.78. The molecule has 0 saturated carbocycles. The van der Waals surface area contributed by atoms with Gasteiger partial charge in [-0.15, -0.1) is 0 Å². The van der Waals surface area contributed by atoms with Crippen molar-refractivity contribution in [2.45, 2.75) is 0 Å². The molecule has 19 heavy (non-hydrogen) atoms. The lowest BCUT2D eigenvalue weighted by Gasteiger charge is -2.02. The van der Waals surface area contributed by atoms with Crippen molar-refractivity contribution in [1.29, 1.82) is 0 Å². The van der Waals surface area contributed by atoms with E-state index in [-0.39, 0.29) is 17.2 Å². The molecule has 0 heterocycles. The molecular weight excluding hydrogens is 376 g/mol. The molecule has 0 unspecified atom stereocenters. The van der Waals surface area contributed by atoms with Crippen molar-refractivity contribution in [3.05, 3.63) is 50.4 Å². The second-order valence-electron chi connectivity index (χ2n) is 3.95. The van der Waals surface area contributed by atoms with Crippen molar-refractivity contribution in [2.24, 2.45) is 0 Å². The number of hydrogen-bond acceptors (Lipinski definition) is 3. The summed E-state index contributed by atoms with van der Waals surface area (Å²) in [5, 5.41) is 28.4. The quantitative estimate of drug-likeness (QED) is 0.667. The Kier molecular flexibility index (Phi) is 4.17. The van der Waals surface area contributed by atoms with Crippen LogP contribution in [-0.2, 0) is 0 Å². The molecule has 2 aromatic carbocycles. The van der Waals surface area contributed by atoms with Gasteiger partial charge in [0.05, 0.1) is 8.95 Å². The zero-order valence-corrected chi connectivity index (χ0v) is 12.8. The second-order valence-corrected chi connectivity index (χ2v) is 5.66. The van der Waals surface area contributed by atoms with Gasteiger partial charge in [-0.05, 0) is 67.3 Å². The van der Waals surface area contributed by atoms with Crippen molar-refractivity contribution in [1.82, 2.24) is 0 Å². The minimum atomic E-state index is 0.00715. The first-order valence-corrected chi connectivity index (χ1v) is 6.93. The Morgan fingerprint density at radius 3 is 1.58 bits per heavy atom. The van der Waals surface area contributed by atoms with E-state index < -0.39 is 0 Å². The molecule has 0 fully saturated rings. The van der Waals surface area contributed by atoms with Gasteiger partial charge in [-0.25, -0.2) is 0 Å². The fourth-order valence-electron chi connectivity index (χ4n) is 1.59. The highest BCUT2D eigenvalue weighted by Crippen LogP contribution is 2.34. The Bertz CT molecular complexity index is 608. The molecule has 0 bridgehead atoms. The van der Waals surface area contributed by atoms with E-state index >= 15 is 0 Å². The second kappa shape index (κ2) is 5.67. The van der Waals surface area contributed by atoms with Crippen LogP contribution < -0.4 is 0 Å². The molecule has 0 atom stereocenters. The van der Waals surface area contributed by atoms with Crippen molar-refractivity contribution in [2.75, 3.05) is 0 Å². The van der Waals surface area contributed by atoms with E-state index in [1.165, 1.54) is 6.07 Å². The van der Waals surface area contributed by atoms with Gasteiger partial charge in [-0.2, -0.15) is 0 Å². The highest BCUT2D eigenvalue weighted by atomic mass is 79.9. The van der Waals surface area contributed by atoms with E-state index in [0.717, 1.165) is 5.56 Å². The van der Waals surface area contributed by atoms with Crippen molar-refractivity contribution < 1.29 is 15.3 Å². The highest BCUT2D eigenvalue weighted by Gasteiger charge is 2.04. The fraction of sp³-hybridized carbons (Fsp3) is 0. The van der Waals surface area contributed by atoms with Gasteiger partial charge in [0.1, 0.15) is 17.2 Å². The summed E-state index contributed by atoms with van der Waals surface area (Å²) in [6.45, 7) is 0. The van der Waals surface area contributed by atoms with E-state index in [1.807, 2.05) is 6.08 Å². The number of phenolic OH excluding ortho intramolecular Hbond substituents is 3. The van der Waals surface area contributed by atoms with Crippen LogP contribution in [0.15, 0.2) is 39.3 Å². The predicted octanol–water partition coefficient (Wildman–Crippen LogP) is 4.50. The third-order valence-electron chi connectivity index (χ3n) is 2.43. The molecular formula is C14H10Br2O3. The molecule has 0 radical (unpaired) electrons. The van der Waals surface area contributed by atoms with Gasteiger partial charge in [0, 0.05) is 6.07 Å². The average Bonchev–Trinajstić information content (AvgIpc) is 2.32. The van der Waals surface area contributed by atoms with Crippen LogP contribution in [-0.4, -0.2) is 15.3 Å². The Morgan fingerprint density at radius 1 is 0.684 bits per heavy atom. The molecule has 0 aliphatic rings. The fourth-order valence-corrected chi connectivity index (χ4v) is 2.81. The molecule has 0 spiro atoms. The standard InChI is InChI=1S/C14H10Br2O3/c15-12-5-9(6-13(16)14(12)19)2-1-8-3-10(17)7-11(18)4-8/h1-7,17-19H/b2-1+. The zero-order valence-electron chi connectivity index (χ0n) is 9.64. The van der Waals surface area contributed by atoms with E-state index in [1.54, 1.807) is 30.3 Å². The number of benzene rings is 2. The molecule has 0 aliphatic heterocycles. The maximum absolute atomic E-state index is 9.60. The smallest absolute Gasteiger partial charge is 0.143 e. The number of halogens is 2. The maximum atomic E-state index is 9.60. The summed E-state index contributed by atoms with van der Waals surface area (Å²) in [5.41, 5.74) is 1.54. The van der Waals surface area contributed by atoms with E-state index in [4.69, 9.17) is 0 Å². The summed E-state index contributed by atoms with van der Waals surface area (Å²) < 4.78 is 1.17. The Hall–Kier alpha value is -1.46. The van der Waals surface area contributed by atoms with Crippen molar-refractivity contribution in [3.8, 4) is 17.2 Å². The van der Waals surface area contributed by atoms with E-state index in [9.17, 15) is 15.3 Å². The van der Waals surface area contributed by atoms with Gasteiger partial charge in [-0.1, -0.05) is 12.2 Å². The SMILES string of the molecule is Oc1cc(O)cc(/C=C/c2cc(Br)c(O)c(Br)c2)c1. The molecule has 0 amide bonds. The molecule has 0 aliphatic carbocycles. The summed E-state index contributed by atoms with van der Waals surface area (Å²) in [6.07, 6.45) is 3.56. The van der Waals surface area contributed by atoms with Gasteiger partial charge >= 0.3 is 0 Å². The van der Waals surface area contributed by atoms with Crippen LogP contribution in [0.4, 0.5) is 0 Å². The summed E-state index contributed by atoms with van der Waals surface area (Å²) in [5.74, 6) is 0.160. The van der Waals surface area contributed by atoms with Crippen LogP contribution in [0.5, 0.6) is 17.2 Å². The van der Waals surface area contributed by atoms with Gasteiger partial charge in [0.2, 0.25) is 0 Å². The van der Waals surface area contributed by atoms with Gasteiger partial charge in [0.25, 0.3) is 0 Å². The highest BCUT2D eigenvalue weighted by molar-refractivity contribution is 9.11. The summed E-state index contributed by atoms with van der Waals surface area (Å²) in [7, 11) is 0. The monoisotopic (exact) mass is 384 g/mol. The van der Waals surface area contributed by atoms with Gasteiger partial charge < -0.3 is 15.3 Å². The zero-order chi connectivity index (χ0) is 14.0. The Morgan fingerprint density at radius 2 is 1.11 bits per heavy atom. The van der Waals surface area contributed by atoms with Gasteiger partial charge in [0.15, 0.2) is 0 Å². The third kappa shape index (κ3) is 3.52. The minimum absolute atomic E-state index is 0.00715. The largest absolute Gasteiger partial charge is 0.508 e. The van der Waals surface area contributed by atoms with Crippen LogP contribution in [0, 0.1) is 0 Å². The van der Waals surface area contributed by atoms with E-state index in [2.05, 4.69) is 31.9 Å². The lowest BCUT2D eigenvalue weighted by atomic mass is 10.1. The summed E-state index contributed by atoms with van der Waals surface area (Å²) in [6, 6.07) is 7.88. The summed E-state index contributed by atoms with van der Waals surface area (Å²) >= 11 is 6.50. The molecule has 0 saturated heterocycles. The third-order valence-corrected chi connectivity index (χ3v) is 3.64. The van der Waals surface area contributed by atoms with E-state index in [0.29, 0.717) is 14.5 Å². The minimum Gasteiger partial charge on any atom is -0.508 e. The first-order valence-electron chi connectivity index (χ1n) is 5.35. The number of aromatic hydroxyl groups is 3.